The number of halogens is 1. The summed E-state index contributed by atoms with van der Waals surface area (Å²) in [6.45, 7) is 1.51. The maximum atomic E-state index is 12.6. The molecule has 0 saturated carbocycles. The van der Waals surface area contributed by atoms with Crippen LogP contribution in [0.5, 0.6) is 0 Å². The number of hydrogen-bond donors (Lipinski definition) is 0. The lowest BCUT2D eigenvalue weighted by molar-refractivity contribution is 0.0695. The maximum absolute atomic E-state index is 12.6. The molecule has 0 unspecified atom stereocenters. The summed E-state index contributed by atoms with van der Waals surface area (Å²) >= 11 is 0. The van der Waals surface area contributed by atoms with Gasteiger partial charge in [0.25, 0.3) is 5.91 Å². The van der Waals surface area contributed by atoms with E-state index in [4.69, 9.17) is 4.74 Å². The van der Waals surface area contributed by atoms with Crippen LogP contribution in [-0.4, -0.2) is 30.7 Å². The van der Waals surface area contributed by atoms with Gasteiger partial charge in [0.1, 0.15) is 12.5 Å². The van der Waals surface area contributed by atoms with E-state index in [2.05, 4.69) is 0 Å². The smallest absolute Gasteiger partial charge is 0.255 e. The van der Waals surface area contributed by atoms with E-state index in [1.54, 1.807) is 4.90 Å². The highest BCUT2D eigenvalue weighted by molar-refractivity contribution is 5.94. The minimum Gasteiger partial charge on any atom is -0.359 e. The highest BCUT2D eigenvalue weighted by Crippen LogP contribution is 2.09. The average Bonchev–Trinajstić information content (AvgIpc) is 2.71. The van der Waals surface area contributed by atoms with E-state index < -0.39 is 0 Å². The fourth-order valence-electron chi connectivity index (χ4n) is 1.35. The molecule has 0 aromatic heterocycles. The van der Waals surface area contributed by atoms with E-state index in [-0.39, 0.29) is 11.7 Å². The molecule has 0 spiro atoms. The van der Waals surface area contributed by atoms with Gasteiger partial charge in [-0.3, -0.25) is 4.79 Å². The van der Waals surface area contributed by atoms with Gasteiger partial charge in [0.2, 0.25) is 0 Å². The highest BCUT2D eigenvalue weighted by atomic mass is 19.1. The largest absolute Gasteiger partial charge is 0.359 e. The molecule has 0 aliphatic carbocycles. The number of amides is 1. The molecule has 1 aliphatic heterocycles. The summed E-state index contributed by atoms with van der Waals surface area (Å²) in [5.74, 6) is -0.443. The molecule has 14 heavy (non-hydrogen) atoms. The van der Waals surface area contributed by atoms with E-state index in [9.17, 15) is 9.18 Å². The number of carbonyl (C=O) groups excluding carboxylic acids is 1. The SMILES string of the molecule is O=C(c1ccc(F)cc1)N1CCOC1. The Balaban J connectivity index is 2.14. The molecular formula is C10H10FNO2. The van der Waals surface area contributed by atoms with Crippen molar-refractivity contribution in [3.05, 3.63) is 35.6 Å². The molecule has 74 valence electrons. The van der Waals surface area contributed by atoms with Crippen LogP contribution in [0.2, 0.25) is 0 Å². The van der Waals surface area contributed by atoms with Gasteiger partial charge < -0.3 is 9.64 Å². The third-order valence-electron chi connectivity index (χ3n) is 2.13. The second-order valence-corrected chi connectivity index (χ2v) is 3.11. The van der Waals surface area contributed by atoms with Crippen molar-refractivity contribution in [2.24, 2.45) is 0 Å². The Morgan fingerprint density at radius 1 is 1.36 bits per heavy atom. The molecule has 4 heteroatoms. The summed E-state index contributed by atoms with van der Waals surface area (Å²) in [5.41, 5.74) is 0.497. The molecule has 0 bridgehead atoms. The summed E-state index contributed by atoms with van der Waals surface area (Å²) in [7, 11) is 0. The van der Waals surface area contributed by atoms with Gasteiger partial charge in [-0.05, 0) is 24.3 Å². The summed E-state index contributed by atoms with van der Waals surface area (Å²) < 4.78 is 17.6. The van der Waals surface area contributed by atoms with Crippen molar-refractivity contribution in [1.82, 2.24) is 4.90 Å². The lowest BCUT2D eigenvalue weighted by Crippen LogP contribution is -2.28. The monoisotopic (exact) mass is 195 g/mol. The van der Waals surface area contributed by atoms with Gasteiger partial charge in [0.15, 0.2) is 0 Å². The molecule has 1 saturated heterocycles. The third kappa shape index (κ3) is 1.75. The van der Waals surface area contributed by atoms with Crippen molar-refractivity contribution < 1.29 is 13.9 Å². The second kappa shape index (κ2) is 3.75. The highest BCUT2D eigenvalue weighted by Gasteiger charge is 2.19. The summed E-state index contributed by atoms with van der Waals surface area (Å²) in [4.78, 5) is 13.3. The summed E-state index contributed by atoms with van der Waals surface area (Å²) in [6, 6.07) is 5.53. The van der Waals surface area contributed by atoms with Crippen LogP contribution >= 0.6 is 0 Å². The lowest BCUT2D eigenvalue weighted by Gasteiger charge is -2.12. The first-order valence-electron chi connectivity index (χ1n) is 4.40. The molecule has 1 aromatic carbocycles. The molecule has 3 nitrogen and oxygen atoms in total. The summed E-state index contributed by atoms with van der Waals surface area (Å²) in [5, 5.41) is 0. The first-order chi connectivity index (χ1) is 6.77. The van der Waals surface area contributed by atoms with Crippen LogP contribution in [0.4, 0.5) is 4.39 Å². The number of carbonyl (C=O) groups is 1. The number of rotatable bonds is 1. The normalized spacial score (nSPS) is 15.9. The Bertz CT molecular complexity index is 330. The Morgan fingerprint density at radius 3 is 2.64 bits per heavy atom. The quantitative estimate of drug-likeness (QED) is 0.675. The minimum absolute atomic E-state index is 0.109. The van der Waals surface area contributed by atoms with Gasteiger partial charge in [-0.1, -0.05) is 0 Å². The second-order valence-electron chi connectivity index (χ2n) is 3.11. The van der Waals surface area contributed by atoms with Crippen molar-refractivity contribution >= 4 is 5.91 Å². The van der Waals surface area contributed by atoms with Crippen molar-refractivity contribution in [3.8, 4) is 0 Å². The predicted octanol–water partition coefficient (Wildman–Crippen LogP) is 1.26. The molecule has 0 radical (unpaired) electrons. The molecule has 1 heterocycles. The Labute approximate surface area is 81.1 Å². The van der Waals surface area contributed by atoms with E-state index in [1.807, 2.05) is 0 Å². The van der Waals surface area contributed by atoms with Crippen LogP contribution in [0.25, 0.3) is 0 Å². The predicted molar refractivity (Wildman–Crippen MR) is 48.3 cm³/mol. The standard InChI is InChI=1S/C10H10FNO2/c11-9-3-1-8(2-4-9)10(13)12-5-6-14-7-12/h1-4H,5-7H2. The maximum Gasteiger partial charge on any atom is 0.255 e. The van der Waals surface area contributed by atoms with Crippen molar-refractivity contribution in [2.75, 3.05) is 19.9 Å². The molecular weight excluding hydrogens is 185 g/mol. The molecule has 1 aliphatic rings. The van der Waals surface area contributed by atoms with E-state index in [0.717, 1.165) is 0 Å². The van der Waals surface area contributed by atoms with Gasteiger partial charge in [-0.15, -0.1) is 0 Å². The third-order valence-corrected chi connectivity index (χ3v) is 2.13. The molecule has 1 aromatic rings. The van der Waals surface area contributed by atoms with E-state index in [0.29, 0.717) is 25.4 Å². The number of nitrogens with zero attached hydrogens (tertiary/aromatic N) is 1. The zero-order valence-electron chi connectivity index (χ0n) is 7.57. The zero-order valence-corrected chi connectivity index (χ0v) is 7.57. The van der Waals surface area contributed by atoms with Gasteiger partial charge >= 0.3 is 0 Å². The fourth-order valence-corrected chi connectivity index (χ4v) is 1.35. The lowest BCUT2D eigenvalue weighted by atomic mass is 10.2. The first kappa shape index (κ1) is 9.15. The summed E-state index contributed by atoms with van der Waals surface area (Å²) in [6.07, 6.45) is 0. The van der Waals surface area contributed by atoms with Crippen LogP contribution < -0.4 is 0 Å². The Morgan fingerprint density at radius 2 is 2.07 bits per heavy atom. The number of hydrogen-bond acceptors (Lipinski definition) is 2. The van der Waals surface area contributed by atoms with E-state index in [1.165, 1.54) is 24.3 Å². The van der Waals surface area contributed by atoms with Gasteiger partial charge in [-0.25, -0.2) is 4.39 Å². The number of benzene rings is 1. The number of ether oxygens (including phenoxy) is 1. The topological polar surface area (TPSA) is 29.5 Å². The van der Waals surface area contributed by atoms with Crippen LogP contribution in [0.15, 0.2) is 24.3 Å². The van der Waals surface area contributed by atoms with Gasteiger partial charge in [0.05, 0.1) is 6.61 Å². The van der Waals surface area contributed by atoms with Crippen LogP contribution in [0, 0.1) is 5.82 Å². The molecule has 0 N–H and O–H groups in total. The van der Waals surface area contributed by atoms with Crippen LogP contribution in [0.3, 0.4) is 0 Å². The molecule has 2 rings (SSSR count). The molecule has 1 amide bonds. The van der Waals surface area contributed by atoms with Crippen LogP contribution in [-0.2, 0) is 4.74 Å². The van der Waals surface area contributed by atoms with Crippen molar-refractivity contribution in [2.45, 2.75) is 0 Å². The molecule has 1 fully saturated rings. The van der Waals surface area contributed by atoms with Gasteiger partial charge in [0, 0.05) is 12.1 Å². The van der Waals surface area contributed by atoms with Crippen molar-refractivity contribution in [3.63, 3.8) is 0 Å². The first-order valence-corrected chi connectivity index (χ1v) is 4.40. The van der Waals surface area contributed by atoms with Crippen molar-refractivity contribution in [1.29, 1.82) is 0 Å². The van der Waals surface area contributed by atoms with Gasteiger partial charge in [-0.2, -0.15) is 0 Å². The molecule has 0 atom stereocenters. The Kier molecular flexibility index (Phi) is 2.45. The zero-order chi connectivity index (χ0) is 9.97. The minimum atomic E-state index is -0.334. The van der Waals surface area contributed by atoms with Crippen LogP contribution in [0.1, 0.15) is 10.4 Å². The van der Waals surface area contributed by atoms with E-state index >= 15 is 0 Å². The fraction of sp³-hybridized carbons (Fsp3) is 0.300. The Hall–Kier alpha value is -1.42. The average molecular weight is 195 g/mol.